The van der Waals surface area contributed by atoms with Crippen molar-refractivity contribution >= 4 is 53.7 Å². The second kappa shape index (κ2) is 9.66. The van der Waals surface area contributed by atoms with Crippen LogP contribution in [0.1, 0.15) is 58.3 Å². The van der Waals surface area contributed by atoms with Gasteiger partial charge in [0, 0.05) is 0 Å². The van der Waals surface area contributed by atoms with E-state index >= 15 is 0 Å². The van der Waals surface area contributed by atoms with Crippen LogP contribution in [0.25, 0.3) is 0 Å². The van der Waals surface area contributed by atoms with Gasteiger partial charge in [-0.2, -0.15) is 0 Å². The van der Waals surface area contributed by atoms with Gasteiger partial charge >= 0.3 is 7.12 Å². The Morgan fingerprint density at radius 1 is 1.00 bits per heavy atom. The van der Waals surface area contributed by atoms with Gasteiger partial charge < -0.3 is 19.9 Å². The Kier molecular flexibility index (Phi) is 8.14. The molecule has 1 aliphatic rings. The van der Waals surface area contributed by atoms with E-state index in [0.29, 0.717) is 12.3 Å². The monoisotopic (exact) mass is 476 g/mol. The largest absolute Gasteiger partial charge is 0.481 e. The number of halogens is 3. The van der Waals surface area contributed by atoms with Crippen LogP contribution in [0.3, 0.4) is 0 Å². The molecule has 0 aliphatic carbocycles. The second-order valence-corrected chi connectivity index (χ2v) is 10.1. The van der Waals surface area contributed by atoms with Crippen molar-refractivity contribution in [1.29, 1.82) is 0 Å². The van der Waals surface area contributed by atoms with Gasteiger partial charge in [-0.1, -0.05) is 48.7 Å². The molecule has 1 aromatic carbocycles. The van der Waals surface area contributed by atoms with Crippen molar-refractivity contribution in [2.45, 2.75) is 65.1 Å². The summed E-state index contributed by atoms with van der Waals surface area (Å²) in [7, 11) is -0.582. The highest BCUT2D eigenvalue weighted by molar-refractivity contribution is 6.48. The van der Waals surface area contributed by atoms with Crippen LogP contribution in [0, 0.1) is 5.92 Å². The molecule has 1 aliphatic heterocycles. The smallest absolute Gasteiger partial charge is 0.402 e. The molecular weight excluding hydrogens is 449 g/mol. The van der Waals surface area contributed by atoms with Gasteiger partial charge in [0.15, 0.2) is 0 Å². The van der Waals surface area contributed by atoms with E-state index in [4.69, 9.17) is 44.1 Å². The molecule has 166 valence electrons. The highest BCUT2D eigenvalue weighted by atomic mass is 35.5. The number of hydrogen-bond acceptors (Lipinski definition) is 4. The first-order valence-electron chi connectivity index (χ1n) is 9.81. The minimum atomic E-state index is -0.582. The van der Waals surface area contributed by atoms with E-state index in [9.17, 15) is 9.59 Å². The van der Waals surface area contributed by atoms with E-state index in [0.717, 1.165) is 0 Å². The second-order valence-electron chi connectivity index (χ2n) is 8.86. The van der Waals surface area contributed by atoms with E-state index in [1.807, 2.05) is 27.7 Å². The van der Waals surface area contributed by atoms with Crippen molar-refractivity contribution in [2.75, 3.05) is 6.54 Å². The number of rotatable bonds is 7. The molecule has 30 heavy (non-hydrogen) atoms. The van der Waals surface area contributed by atoms with Gasteiger partial charge in [0.1, 0.15) is 0 Å². The maximum Gasteiger partial charge on any atom is 0.481 e. The van der Waals surface area contributed by atoms with E-state index < -0.39 is 24.2 Å². The van der Waals surface area contributed by atoms with Crippen LogP contribution in [0.5, 0.6) is 0 Å². The molecule has 2 amide bonds. The number of amides is 2. The fourth-order valence-corrected chi connectivity index (χ4v) is 3.64. The standard InChI is InChI=1S/C20H28BCl3N2O4/c1-11(2)7-16(21-29-19(3,4)20(5,6)30-21)26-17(27)10-25-18(28)12-8-14(23)15(24)9-13(12)22/h8-9,11,16H,7,10H2,1-6H3,(H,25,28)(H,26,27)/t16-/m0/s1. The Hall–Kier alpha value is -0.985. The normalized spacial score (nSPS) is 18.4. The van der Waals surface area contributed by atoms with Gasteiger partial charge in [-0.05, 0) is 52.2 Å². The predicted molar refractivity (Wildman–Crippen MR) is 121 cm³/mol. The van der Waals surface area contributed by atoms with Gasteiger partial charge in [0.05, 0.1) is 44.3 Å². The summed E-state index contributed by atoms with van der Waals surface area (Å²) in [5, 5.41) is 6.07. The Balaban J connectivity index is 2.01. The number of carbonyl (C=O) groups excluding carboxylic acids is 2. The van der Waals surface area contributed by atoms with Crippen molar-refractivity contribution in [1.82, 2.24) is 10.6 Å². The average molecular weight is 478 g/mol. The lowest BCUT2D eigenvalue weighted by Crippen LogP contribution is -2.51. The van der Waals surface area contributed by atoms with Crippen molar-refractivity contribution in [3.05, 3.63) is 32.8 Å². The SMILES string of the molecule is CC(C)C[C@H](NC(=O)CNC(=O)c1cc(Cl)c(Cl)cc1Cl)B1OC(C)(C)C(C)(C)O1. The number of hydrogen-bond donors (Lipinski definition) is 2. The summed E-state index contributed by atoms with van der Waals surface area (Å²) < 4.78 is 12.2. The van der Waals surface area contributed by atoms with Crippen LogP contribution in [0.2, 0.25) is 15.1 Å². The molecule has 1 heterocycles. The number of carbonyl (C=O) groups is 2. The summed E-state index contributed by atoms with van der Waals surface area (Å²) >= 11 is 17.9. The highest BCUT2D eigenvalue weighted by Crippen LogP contribution is 2.38. The fourth-order valence-electron chi connectivity index (χ4n) is 3.01. The topological polar surface area (TPSA) is 76.7 Å². The van der Waals surface area contributed by atoms with Gasteiger partial charge in [0.25, 0.3) is 5.91 Å². The zero-order chi connectivity index (χ0) is 22.9. The Morgan fingerprint density at radius 3 is 2.07 bits per heavy atom. The molecular formula is C20H28BCl3N2O4. The first-order valence-corrected chi connectivity index (χ1v) is 10.9. The third kappa shape index (κ3) is 6.04. The first-order chi connectivity index (χ1) is 13.7. The quantitative estimate of drug-likeness (QED) is 0.447. The van der Waals surface area contributed by atoms with Crippen LogP contribution in [-0.2, 0) is 14.1 Å². The molecule has 2 rings (SSSR count). The minimum absolute atomic E-state index is 0.142. The zero-order valence-electron chi connectivity index (χ0n) is 18.1. The lowest BCUT2D eigenvalue weighted by atomic mass is 9.74. The van der Waals surface area contributed by atoms with Crippen LogP contribution in [0.15, 0.2) is 12.1 Å². The lowest BCUT2D eigenvalue weighted by molar-refractivity contribution is -0.120. The van der Waals surface area contributed by atoms with Crippen molar-refractivity contribution in [3.8, 4) is 0 Å². The Labute approximate surface area is 193 Å². The van der Waals surface area contributed by atoms with Gasteiger partial charge in [-0.25, -0.2) is 0 Å². The van der Waals surface area contributed by atoms with E-state index in [2.05, 4.69) is 24.5 Å². The molecule has 0 spiro atoms. The molecule has 10 heteroatoms. The summed E-state index contributed by atoms with van der Waals surface area (Å²) in [6.45, 7) is 11.7. The Bertz CT molecular complexity index is 801. The zero-order valence-corrected chi connectivity index (χ0v) is 20.3. The van der Waals surface area contributed by atoms with Crippen molar-refractivity contribution in [3.63, 3.8) is 0 Å². The van der Waals surface area contributed by atoms with Crippen LogP contribution in [-0.4, -0.2) is 42.6 Å². The molecule has 2 N–H and O–H groups in total. The van der Waals surface area contributed by atoms with Crippen LogP contribution >= 0.6 is 34.8 Å². The van der Waals surface area contributed by atoms with E-state index in [1.165, 1.54) is 12.1 Å². The summed E-state index contributed by atoms with van der Waals surface area (Å²) in [5.74, 6) is -0.937. The molecule has 0 radical (unpaired) electrons. The molecule has 0 unspecified atom stereocenters. The first kappa shape index (κ1) is 25.3. The van der Waals surface area contributed by atoms with Crippen LogP contribution in [0.4, 0.5) is 0 Å². The summed E-state index contributed by atoms with van der Waals surface area (Å²) in [6.07, 6.45) is 0.662. The Morgan fingerprint density at radius 2 is 1.53 bits per heavy atom. The van der Waals surface area contributed by atoms with Crippen LogP contribution < -0.4 is 10.6 Å². The maximum absolute atomic E-state index is 12.5. The maximum atomic E-state index is 12.5. The molecule has 1 fully saturated rings. The molecule has 6 nitrogen and oxygen atoms in total. The molecule has 0 bridgehead atoms. The van der Waals surface area contributed by atoms with E-state index in [1.54, 1.807) is 0 Å². The lowest BCUT2D eigenvalue weighted by Gasteiger charge is -2.32. The summed E-state index contributed by atoms with van der Waals surface area (Å²) in [4.78, 5) is 24.9. The minimum Gasteiger partial charge on any atom is -0.402 e. The third-order valence-corrected chi connectivity index (χ3v) is 6.37. The molecule has 1 saturated heterocycles. The fraction of sp³-hybridized carbons (Fsp3) is 0.600. The molecule has 0 saturated carbocycles. The van der Waals surface area contributed by atoms with Gasteiger partial charge in [-0.3, -0.25) is 9.59 Å². The molecule has 0 aromatic heterocycles. The summed E-state index contributed by atoms with van der Waals surface area (Å²) in [6, 6.07) is 2.75. The third-order valence-electron chi connectivity index (χ3n) is 5.34. The average Bonchev–Trinajstić information content (AvgIpc) is 2.82. The van der Waals surface area contributed by atoms with E-state index in [-0.39, 0.29) is 39.0 Å². The van der Waals surface area contributed by atoms with Crippen molar-refractivity contribution in [2.24, 2.45) is 5.92 Å². The molecule has 1 atom stereocenters. The predicted octanol–water partition coefficient (Wildman–Crippen LogP) is 4.54. The van der Waals surface area contributed by atoms with Crippen molar-refractivity contribution < 1.29 is 18.9 Å². The summed E-state index contributed by atoms with van der Waals surface area (Å²) in [5.41, 5.74) is -0.865. The van der Waals surface area contributed by atoms with Gasteiger partial charge in [-0.15, -0.1) is 0 Å². The number of nitrogens with one attached hydrogen (secondary N) is 2. The highest BCUT2D eigenvalue weighted by Gasteiger charge is 2.54. The number of benzene rings is 1. The van der Waals surface area contributed by atoms with Gasteiger partial charge in [0.2, 0.25) is 5.91 Å². The molecule has 1 aromatic rings.